The molecule has 0 bridgehead atoms. The van der Waals surface area contributed by atoms with E-state index in [2.05, 4.69) is 17.5 Å². The predicted molar refractivity (Wildman–Crippen MR) is 76.2 cm³/mol. The van der Waals surface area contributed by atoms with E-state index in [9.17, 15) is 15.0 Å². The van der Waals surface area contributed by atoms with Gasteiger partial charge in [-0.15, -0.1) is 0 Å². The van der Waals surface area contributed by atoms with Gasteiger partial charge in [-0.05, 0) is 25.0 Å². The van der Waals surface area contributed by atoms with E-state index >= 15 is 0 Å². The van der Waals surface area contributed by atoms with Crippen LogP contribution in [-0.2, 0) is 0 Å². The number of hydrogen-bond donors (Lipinski definition) is 4. The Labute approximate surface area is 117 Å². The molecule has 4 N–H and O–H groups in total. The molecule has 110 valence electrons. The van der Waals surface area contributed by atoms with Crippen molar-refractivity contribution >= 4 is 12.1 Å². The highest BCUT2D eigenvalue weighted by Gasteiger charge is 2.12. The third-order valence-electron chi connectivity index (χ3n) is 2.78. The second-order valence-electron chi connectivity index (χ2n) is 4.47. The molecule has 6 heteroatoms. The van der Waals surface area contributed by atoms with Gasteiger partial charge in [-0.1, -0.05) is 26.2 Å². The number of nitrogens with zero attached hydrogens (tertiary/aromatic N) is 1. The molecule has 1 aromatic rings. The summed E-state index contributed by atoms with van der Waals surface area (Å²) in [4.78, 5) is 11.7. The Morgan fingerprint density at radius 3 is 2.45 bits per heavy atom. The van der Waals surface area contributed by atoms with Crippen LogP contribution in [0.3, 0.4) is 0 Å². The fourth-order valence-corrected chi connectivity index (χ4v) is 1.63. The summed E-state index contributed by atoms with van der Waals surface area (Å²) in [6, 6.07) is 2.11. The largest absolute Gasteiger partial charge is 0.504 e. The molecule has 1 amide bonds. The van der Waals surface area contributed by atoms with E-state index in [0.717, 1.165) is 31.4 Å². The number of carbonyl (C=O) groups is 1. The number of carbonyl (C=O) groups excluding carboxylic acids is 1. The van der Waals surface area contributed by atoms with Crippen molar-refractivity contribution in [3.05, 3.63) is 17.7 Å². The van der Waals surface area contributed by atoms with E-state index in [4.69, 9.17) is 5.11 Å². The Hall–Kier alpha value is -2.24. The van der Waals surface area contributed by atoms with Crippen molar-refractivity contribution in [1.29, 1.82) is 0 Å². The molecule has 6 nitrogen and oxygen atoms in total. The number of phenols is 3. The summed E-state index contributed by atoms with van der Waals surface area (Å²) in [6.07, 6.45) is 6.91. The number of unbranched alkanes of at least 4 members (excludes halogenated alkanes) is 4. The third-order valence-corrected chi connectivity index (χ3v) is 2.78. The molecule has 0 saturated heterocycles. The smallest absolute Gasteiger partial charge is 0.271 e. The van der Waals surface area contributed by atoms with Gasteiger partial charge in [0.15, 0.2) is 17.2 Å². The molecule has 1 rings (SSSR count). The van der Waals surface area contributed by atoms with E-state index in [1.165, 1.54) is 12.8 Å². The van der Waals surface area contributed by atoms with Crippen molar-refractivity contribution in [2.45, 2.75) is 39.0 Å². The van der Waals surface area contributed by atoms with Crippen molar-refractivity contribution in [1.82, 2.24) is 5.43 Å². The lowest BCUT2D eigenvalue weighted by Crippen LogP contribution is -2.17. The van der Waals surface area contributed by atoms with E-state index < -0.39 is 23.2 Å². The summed E-state index contributed by atoms with van der Waals surface area (Å²) in [7, 11) is 0. The van der Waals surface area contributed by atoms with Gasteiger partial charge in [0.25, 0.3) is 5.91 Å². The van der Waals surface area contributed by atoms with Crippen LogP contribution in [0.15, 0.2) is 17.2 Å². The average Bonchev–Trinajstić information content (AvgIpc) is 2.43. The highest BCUT2D eigenvalue weighted by atomic mass is 16.3. The minimum atomic E-state index is -0.652. The first kappa shape index (κ1) is 15.8. The van der Waals surface area contributed by atoms with E-state index in [1.807, 2.05) is 0 Å². The second-order valence-corrected chi connectivity index (χ2v) is 4.47. The fourth-order valence-electron chi connectivity index (χ4n) is 1.63. The molecular weight excluding hydrogens is 260 g/mol. The molecule has 0 aromatic heterocycles. The maximum atomic E-state index is 11.7. The Balaban J connectivity index is 2.45. The lowest BCUT2D eigenvalue weighted by Gasteiger charge is -2.04. The monoisotopic (exact) mass is 280 g/mol. The fraction of sp³-hybridized carbons (Fsp3) is 0.429. The summed E-state index contributed by atoms with van der Waals surface area (Å²) < 4.78 is 0. The molecule has 20 heavy (non-hydrogen) atoms. The molecule has 0 fully saturated rings. The van der Waals surface area contributed by atoms with Gasteiger partial charge in [-0.3, -0.25) is 4.79 Å². The van der Waals surface area contributed by atoms with Crippen molar-refractivity contribution in [2.75, 3.05) is 0 Å². The quantitative estimate of drug-likeness (QED) is 0.267. The number of rotatable bonds is 7. The van der Waals surface area contributed by atoms with Crippen LogP contribution in [0.25, 0.3) is 0 Å². The molecule has 0 heterocycles. The number of hydrazone groups is 1. The Kier molecular flexibility index (Phi) is 6.36. The number of hydrogen-bond acceptors (Lipinski definition) is 5. The van der Waals surface area contributed by atoms with E-state index in [1.54, 1.807) is 6.21 Å². The van der Waals surface area contributed by atoms with Crippen LogP contribution in [-0.4, -0.2) is 27.4 Å². The molecule has 0 radical (unpaired) electrons. The molecule has 0 atom stereocenters. The Morgan fingerprint density at radius 2 is 1.85 bits per heavy atom. The first-order valence-electron chi connectivity index (χ1n) is 6.63. The van der Waals surface area contributed by atoms with Gasteiger partial charge in [-0.2, -0.15) is 5.10 Å². The van der Waals surface area contributed by atoms with Crippen LogP contribution in [0.4, 0.5) is 0 Å². The molecule has 1 aromatic carbocycles. The van der Waals surface area contributed by atoms with E-state index in [-0.39, 0.29) is 5.56 Å². The summed E-state index contributed by atoms with van der Waals surface area (Å²) in [5.74, 6) is -2.33. The highest BCUT2D eigenvalue weighted by molar-refractivity contribution is 5.95. The minimum absolute atomic E-state index is 0.0148. The van der Waals surface area contributed by atoms with Gasteiger partial charge in [0, 0.05) is 11.8 Å². The molecule has 0 aliphatic rings. The van der Waals surface area contributed by atoms with Crippen LogP contribution < -0.4 is 5.43 Å². The minimum Gasteiger partial charge on any atom is -0.504 e. The van der Waals surface area contributed by atoms with Crippen LogP contribution in [0.2, 0.25) is 0 Å². The SMILES string of the molecule is CCCCCCC=NNC(=O)c1cc(O)c(O)c(O)c1. The number of amides is 1. The van der Waals surface area contributed by atoms with Crippen LogP contribution in [0.1, 0.15) is 49.4 Å². The molecule has 0 saturated carbocycles. The summed E-state index contributed by atoms with van der Waals surface area (Å²) in [5, 5.41) is 31.5. The van der Waals surface area contributed by atoms with Gasteiger partial charge in [0.1, 0.15) is 0 Å². The average molecular weight is 280 g/mol. The number of benzene rings is 1. The zero-order valence-electron chi connectivity index (χ0n) is 11.5. The summed E-state index contributed by atoms with van der Waals surface area (Å²) in [5.41, 5.74) is 2.31. The third kappa shape index (κ3) is 4.79. The van der Waals surface area contributed by atoms with Crippen molar-refractivity contribution in [3.63, 3.8) is 0 Å². The topological polar surface area (TPSA) is 102 Å². The molecular formula is C14H20N2O4. The maximum Gasteiger partial charge on any atom is 0.271 e. The van der Waals surface area contributed by atoms with Crippen LogP contribution >= 0.6 is 0 Å². The standard InChI is InChI=1S/C14H20N2O4/c1-2-3-4-5-6-7-15-16-14(20)10-8-11(17)13(19)12(18)9-10/h7-9,17-19H,2-6H2,1H3,(H,16,20). The molecule has 0 aliphatic carbocycles. The van der Waals surface area contributed by atoms with Crippen LogP contribution in [0.5, 0.6) is 17.2 Å². The van der Waals surface area contributed by atoms with Crippen molar-refractivity contribution in [2.24, 2.45) is 5.10 Å². The zero-order chi connectivity index (χ0) is 15.0. The van der Waals surface area contributed by atoms with Crippen molar-refractivity contribution in [3.8, 4) is 17.2 Å². The first-order chi connectivity index (χ1) is 9.56. The van der Waals surface area contributed by atoms with Gasteiger partial charge in [0.2, 0.25) is 0 Å². The van der Waals surface area contributed by atoms with E-state index in [0.29, 0.717) is 0 Å². The van der Waals surface area contributed by atoms with Crippen LogP contribution in [0, 0.1) is 0 Å². The van der Waals surface area contributed by atoms with Gasteiger partial charge in [-0.25, -0.2) is 5.43 Å². The number of nitrogens with one attached hydrogen (secondary N) is 1. The van der Waals surface area contributed by atoms with Gasteiger partial charge in [0.05, 0.1) is 0 Å². The van der Waals surface area contributed by atoms with Gasteiger partial charge >= 0.3 is 0 Å². The zero-order valence-corrected chi connectivity index (χ0v) is 11.5. The van der Waals surface area contributed by atoms with Gasteiger partial charge < -0.3 is 15.3 Å². The van der Waals surface area contributed by atoms with Crippen molar-refractivity contribution < 1.29 is 20.1 Å². The lowest BCUT2D eigenvalue weighted by molar-refractivity contribution is 0.0954. The first-order valence-corrected chi connectivity index (χ1v) is 6.63. The predicted octanol–water partition coefficient (Wildman–Crippen LogP) is 2.49. The molecule has 0 spiro atoms. The number of aromatic hydroxyl groups is 3. The normalized spacial score (nSPS) is 10.8. The number of phenolic OH excluding ortho intramolecular Hbond substituents is 3. The summed E-state index contributed by atoms with van der Waals surface area (Å²) in [6.45, 7) is 2.14. The second kappa shape index (κ2) is 8.04. The Bertz CT molecular complexity index is 463. The summed E-state index contributed by atoms with van der Waals surface area (Å²) >= 11 is 0. The maximum absolute atomic E-state index is 11.7. The lowest BCUT2D eigenvalue weighted by atomic mass is 10.2. The molecule has 0 unspecified atom stereocenters. The highest BCUT2D eigenvalue weighted by Crippen LogP contribution is 2.35. The molecule has 0 aliphatic heterocycles. The Morgan fingerprint density at radius 1 is 1.20 bits per heavy atom.